The molecule has 1 unspecified atom stereocenters. The number of carbonyl (C=O) groups excluding carboxylic acids is 1. The second-order valence-electron chi connectivity index (χ2n) is 4.41. The van der Waals surface area contributed by atoms with E-state index in [4.69, 9.17) is 10.5 Å². The highest BCUT2D eigenvalue weighted by molar-refractivity contribution is 5.81. The molecule has 1 atom stereocenters. The van der Waals surface area contributed by atoms with Crippen LogP contribution in [0.25, 0.3) is 0 Å². The molecule has 104 valence electrons. The molecule has 0 radical (unpaired) electrons. The number of anilines is 1. The van der Waals surface area contributed by atoms with E-state index in [0.29, 0.717) is 17.8 Å². The smallest absolute Gasteiger partial charge is 0.240 e. The normalized spacial score (nSPS) is 11.0. The fourth-order valence-electron chi connectivity index (χ4n) is 1.67. The third kappa shape index (κ3) is 4.58. The minimum Gasteiger partial charge on any atom is -0.350 e. The van der Waals surface area contributed by atoms with Gasteiger partial charge in [0.2, 0.25) is 5.91 Å². The Hall–Kier alpha value is -2.60. The standard InChI is InChI=1S/C14H17N5O/c1-3-4-12(8-16)18-14(20)10-19(2)13-6-5-11(7-15)9-17-13/h5-6,9,12H,3-4,10H2,1-2H3,(H,18,20). The van der Waals surface area contributed by atoms with Crippen LogP contribution in [-0.2, 0) is 4.79 Å². The summed E-state index contributed by atoms with van der Waals surface area (Å²) < 4.78 is 0. The number of nitriles is 2. The molecule has 0 fully saturated rings. The zero-order valence-corrected chi connectivity index (χ0v) is 11.6. The molecule has 1 aromatic heterocycles. The lowest BCUT2D eigenvalue weighted by Crippen LogP contribution is -2.40. The molecule has 0 aliphatic heterocycles. The molecular formula is C14H17N5O. The van der Waals surface area contributed by atoms with Crippen LogP contribution in [0.4, 0.5) is 5.82 Å². The van der Waals surface area contributed by atoms with Gasteiger partial charge in [-0.2, -0.15) is 10.5 Å². The predicted molar refractivity (Wildman–Crippen MR) is 74.7 cm³/mol. The van der Waals surface area contributed by atoms with Gasteiger partial charge >= 0.3 is 0 Å². The van der Waals surface area contributed by atoms with Gasteiger partial charge in [-0.05, 0) is 18.6 Å². The van der Waals surface area contributed by atoms with Gasteiger partial charge < -0.3 is 10.2 Å². The van der Waals surface area contributed by atoms with E-state index in [9.17, 15) is 4.79 Å². The van der Waals surface area contributed by atoms with Crippen LogP contribution in [0.2, 0.25) is 0 Å². The van der Waals surface area contributed by atoms with Crippen LogP contribution in [-0.4, -0.2) is 30.5 Å². The Morgan fingerprint density at radius 1 is 1.50 bits per heavy atom. The van der Waals surface area contributed by atoms with Crippen LogP contribution < -0.4 is 10.2 Å². The van der Waals surface area contributed by atoms with Crippen LogP contribution in [0.15, 0.2) is 18.3 Å². The van der Waals surface area contributed by atoms with E-state index in [1.165, 1.54) is 6.20 Å². The van der Waals surface area contributed by atoms with Crippen molar-refractivity contribution in [3.05, 3.63) is 23.9 Å². The largest absolute Gasteiger partial charge is 0.350 e. The summed E-state index contributed by atoms with van der Waals surface area (Å²) in [6.07, 6.45) is 2.94. The Balaban J connectivity index is 2.56. The Labute approximate surface area is 118 Å². The molecule has 1 aromatic rings. The Bertz CT molecular complexity index is 526. The second kappa shape index (κ2) is 7.75. The Morgan fingerprint density at radius 3 is 2.75 bits per heavy atom. The minimum atomic E-state index is -0.449. The summed E-state index contributed by atoms with van der Waals surface area (Å²) in [6, 6.07) is 6.92. The van der Waals surface area contributed by atoms with Gasteiger partial charge in [0.15, 0.2) is 0 Å². The predicted octanol–water partition coefficient (Wildman–Crippen LogP) is 1.20. The highest BCUT2D eigenvalue weighted by Crippen LogP contribution is 2.08. The highest BCUT2D eigenvalue weighted by atomic mass is 16.2. The summed E-state index contributed by atoms with van der Waals surface area (Å²) in [5, 5.41) is 20.3. The number of rotatable bonds is 6. The van der Waals surface area contributed by atoms with Crippen molar-refractivity contribution in [2.45, 2.75) is 25.8 Å². The molecule has 0 aliphatic rings. The average molecular weight is 271 g/mol. The Kier molecular flexibility index (Phi) is 5.99. The van der Waals surface area contributed by atoms with Gasteiger partial charge in [0.25, 0.3) is 0 Å². The number of hydrogen-bond donors (Lipinski definition) is 1. The summed E-state index contributed by atoms with van der Waals surface area (Å²) >= 11 is 0. The zero-order valence-electron chi connectivity index (χ0n) is 11.6. The third-order valence-electron chi connectivity index (χ3n) is 2.72. The van der Waals surface area contributed by atoms with Crippen molar-refractivity contribution in [2.24, 2.45) is 0 Å². The van der Waals surface area contributed by atoms with Crippen molar-refractivity contribution in [1.82, 2.24) is 10.3 Å². The number of nitrogens with one attached hydrogen (secondary N) is 1. The van der Waals surface area contributed by atoms with Crippen molar-refractivity contribution in [1.29, 1.82) is 10.5 Å². The van der Waals surface area contributed by atoms with Crippen molar-refractivity contribution in [3.63, 3.8) is 0 Å². The molecule has 1 amide bonds. The number of pyridine rings is 1. The quantitative estimate of drug-likeness (QED) is 0.839. The summed E-state index contributed by atoms with van der Waals surface area (Å²) in [5.74, 6) is 0.377. The molecule has 0 saturated carbocycles. The summed E-state index contributed by atoms with van der Waals surface area (Å²) in [5.41, 5.74) is 0.471. The molecule has 0 aromatic carbocycles. The molecule has 6 nitrogen and oxygen atoms in total. The SMILES string of the molecule is CCCC(C#N)NC(=O)CN(C)c1ccc(C#N)cn1. The highest BCUT2D eigenvalue weighted by Gasteiger charge is 2.13. The van der Waals surface area contributed by atoms with Gasteiger partial charge in [0.1, 0.15) is 17.9 Å². The molecule has 1 rings (SSSR count). The maximum Gasteiger partial charge on any atom is 0.240 e. The molecule has 0 bridgehead atoms. The number of hydrogen-bond acceptors (Lipinski definition) is 5. The number of nitrogens with zero attached hydrogens (tertiary/aromatic N) is 4. The number of amides is 1. The van der Waals surface area contributed by atoms with E-state index in [1.807, 2.05) is 13.0 Å². The maximum absolute atomic E-state index is 11.8. The van der Waals surface area contributed by atoms with E-state index in [0.717, 1.165) is 6.42 Å². The van der Waals surface area contributed by atoms with Gasteiger partial charge in [0.05, 0.1) is 18.2 Å². The van der Waals surface area contributed by atoms with Crippen LogP contribution in [0.3, 0.4) is 0 Å². The number of aromatic nitrogens is 1. The Morgan fingerprint density at radius 2 is 2.25 bits per heavy atom. The molecule has 0 aliphatic carbocycles. The van der Waals surface area contributed by atoms with Crippen LogP contribution in [0, 0.1) is 22.7 Å². The lowest BCUT2D eigenvalue weighted by atomic mass is 10.2. The van der Waals surface area contributed by atoms with E-state index in [2.05, 4.69) is 16.4 Å². The molecule has 6 heteroatoms. The fourth-order valence-corrected chi connectivity index (χ4v) is 1.67. The van der Waals surface area contributed by atoms with E-state index >= 15 is 0 Å². The first-order chi connectivity index (χ1) is 9.60. The topological polar surface area (TPSA) is 92.8 Å². The molecule has 0 spiro atoms. The fraction of sp³-hybridized carbons (Fsp3) is 0.429. The molecule has 1 heterocycles. The molecular weight excluding hydrogens is 254 g/mol. The monoisotopic (exact) mass is 271 g/mol. The second-order valence-corrected chi connectivity index (χ2v) is 4.41. The first kappa shape index (κ1) is 15.5. The van der Waals surface area contributed by atoms with E-state index in [-0.39, 0.29) is 12.5 Å². The minimum absolute atomic E-state index is 0.112. The van der Waals surface area contributed by atoms with Crippen molar-refractivity contribution in [3.8, 4) is 12.1 Å². The summed E-state index contributed by atoms with van der Waals surface area (Å²) in [7, 11) is 1.73. The van der Waals surface area contributed by atoms with Gasteiger partial charge in [-0.25, -0.2) is 4.98 Å². The van der Waals surface area contributed by atoms with Crippen molar-refractivity contribution in [2.75, 3.05) is 18.5 Å². The first-order valence-corrected chi connectivity index (χ1v) is 6.37. The summed E-state index contributed by atoms with van der Waals surface area (Å²) in [6.45, 7) is 2.07. The molecule has 1 N–H and O–H groups in total. The maximum atomic E-state index is 11.8. The van der Waals surface area contributed by atoms with Crippen LogP contribution in [0.5, 0.6) is 0 Å². The molecule has 20 heavy (non-hydrogen) atoms. The number of likely N-dealkylation sites (N-methyl/N-ethyl adjacent to an activating group) is 1. The van der Waals surface area contributed by atoms with Gasteiger partial charge in [-0.3, -0.25) is 4.79 Å². The summed E-state index contributed by atoms with van der Waals surface area (Å²) in [4.78, 5) is 17.6. The third-order valence-corrected chi connectivity index (χ3v) is 2.72. The zero-order chi connectivity index (χ0) is 15.0. The van der Waals surface area contributed by atoms with Gasteiger partial charge in [0, 0.05) is 13.2 Å². The first-order valence-electron chi connectivity index (χ1n) is 6.37. The lowest BCUT2D eigenvalue weighted by Gasteiger charge is -2.18. The van der Waals surface area contributed by atoms with Gasteiger partial charge in [-0.1, -0.05) is 13.3 Å². The van der Waals surface area contributed by atoms with Crippen molar-refractivity contribution < 1.29 is 4.79 Å². The van der Waals surface area contributed by atoms with Crippen LogP contribution in [0.1, 0.15) is 25.3 Å². The average Bonchev–Trinajstić information content (AvgIpc) is 2.46. The van der Waals surface area contributed by atoms with Crippen LogP contribution >= 0.6 is 0 Å². The lowest BCUT2D eigenvalue weighted by molar-refractivity contribution is -0.120. The van der Waals surface area contributed by atoms with E-state index < -0.39 is 6.04 Å². The molecule has 0 saturated heterocycles. The van der Waals surface area contributed by atoms with E-state index in [1.54, 1.807) is 24.1 Å². The number of carbonyl (C=O) groups is 1. The van der Waals surface area contributed by atoms with Crippen molar-refractivity contribution >= 4 is 11.7 Å². The van der Waals surface area contributed by atoms with Gasteiger partial charge in [-0.15, -0.1) is 0 Å².